The minimum absolute atomic E-state index is 0.0385. The largest absolute Gasteiger partial charge is 0.350 e. The van der Waals surface area contributed by atoms with Crippen LogP contribution in [0.3, 0.4) is 0 Å². The third kappa shape index (κ3) is 5.70. The van der Waals surface area contributed by atoms with E-state index >= 15 is 0 Å². The van der Waals surface area contributed by atoms with Gasteiger partial charge in [-0.2, -0.15) is 0 Å². The molecule has 0 aliphatic rings. The van der Waals surface area contributed by atoms with Gasteiger partial charge in [0.2, 0.25) is 0 Å². The Labute approximate surface area is 181 Å². The van der Waals surface area contributed by atoms with Gasteiger partial charge in [0.05, 0.1) is 16.1 Å². The molecule has 31 heavy (non-hydrogen) atoms. The molecule has 0 radical (unpaired) electrons. The van der Waals surface area contributed by atoms with Gasteiger partial charge in [-0.05, 0) is 62.4 Å². The van der Waals surface area contributed by atoms with E-state index in [1.165, 1.54) is 36.4 Å². The quantitative estimate of drug-likeness (QED) is 0.522. The fourth-order valence-corrected chi connectivity index (χ4v) is 3.91. The molecular formula is C23H23N3O4S. The molecule has 3 aromatic rings. The molecule has 0 saturated carbocycles. The van der Waals surface area contributed by atoms with Gasteiger partial charge in [-0.25, -0.2) is 8.42 Å². The number of sulfonamides is 1. The summed E-state index contributed by atoms with van der Waals surface area (Å²) in [5.41, 5.74) is 1.40. The Balaban J connectivity index is 1.73. The fraction of sp³-hybridized carbons (Fsp3) is 0.130. The topological polar surface area (TPSA) is 104 Å². The molecule has 0 heterocycles. The Bertz CT molecular complexity index is 1170. The second kappa shape index (κ2) is 9.44. The standard InChI is InChI=1S/C23H23N3O4S/c1-16(2)24-23(28)20-10-6-7-11-21(20)25-22(27)17-12-14-18(15-13-17)26-31(29,30)19-8-4-3-5-9-19/h3-16,26H,1-2H3,(H,24,28)(H,25,27). The van der Waals surface area contributed by atoms with Crippen LogP contribution in [0.5, 0.6) is 0 Å². The number of anilines is 2. The Hall–Kier alpha value is -3.65. The van der Waals surface area contributed by atoms with Crippen molar-refractivity contribution < 1.29 is 18.0 Å². The van der Waals surface area contributed by atoms with E-state index in [9.17, 15) is 18.0 Å². The van der Waals surface area contributed by atoms with E-state index in [4.69, 9.17) is 0 Å². The summed E-state index contributed by atoms with van der Waals surface area (Å²) >= 11 is 0. The predicted octanol–water partition coefficient (Wildman–Crippen LogP) is 3.88. The molecule has 7 nitrogen and oxygen atoms in total. The van der Waals surface area contributed by atoms with Crippen molar-refractivity contribution in [1.29, 1.82) is 0 Å². The van der Waals surface area contributed by atoms with Crippen molar-refractivity contribution in [1.82, 2.24) is 5.32 Å². The first-order valence-corrected chi connectivity index (χ1v) is 11.1. The lowest BCUT2D eigenvalue weighted by molar-refractivity contribution is 0.0944. The number of benzene rings is 3. The van der Waals surface area contributed by atoms with Gasteiger partial charge in [-0.1, -0.05) is 30.3 Å². The summed E-state index contributed by atoms with van der Waals surface area (Å²) in [7, 11) is -3.72. The molecule has 0 fully saturated rings. The minimum atomic E-state index is -3.72. The third-order valence-corrected chi connectivity index (χ3v) is 5.69. The average Bonchev–Trinajstić information content (AvgIpc) is 2.74. The van der Waals surface area contributed by atoms with Crippen molar-refractivity contribution in [2.24, 2.45) is 0 Å². The van der Waals surface area contributed by atoms with E-state index in [2.05, 4.69) is 15.4 Å². The molecule has 0 unspecified atom stereocenters. The molecule has 0 aromatic heterocycles. The number of carbonyl (C=O) groups excluding carboxylic acids is 2. The summed E-state index contributed by atoms with van der Waals surface area (Å²) in [5, 5.41) is 5.54. The van der Waals surface area contributed by atoms with E-state index in [-0.39, 0.29) is 16.8 Å². The van der Waals surface area contributed by atoms with Gasteiger partial charge in [0, 0.05) is 17.3 Å². The number of amides is 2. The molecule has 160 valence electrons. The highest BCUT2D eigenvalue weighted by Gasteiger charge is 2.16. The molecular weight excluding hydrogens is 414 g/mol. The van der Waals surface area contributed by atoms with Crippen LogP contribution in [0.25, 0.3) is 0 Å². The third-order valence-electron chi connectivity index (χ3n) is 4.29. The Morgan fingerprint density at radius 2 is 1.39 bits per heavy atom. The molecule has 3 aromatic carbocycles. The van der Waals surface area contributed by atoms with E-state index in [1.54, 1.807) is 42.5 Å². The second-order valence-corrected chi connectivity index (χ2v) is 8.81. The van der Waals surface area contributed by atoms with Gasteiger partial charge in [0.15, 0.2) is 0 Å². The summed E-state index contributed by atoms with van der Waals surface area (Å²) in [5.74, 6) is -0.696. The first-order valence-electron chi connectivity index (χ1n) is 9.65. The molecule has 2 amide bonds. The van der Waals surface area contributed by atoms with Crippen LogP contribution in [-0.4, -0.2) is 26.3 Å². The van der Waals surface area contributed by atoms with Crippen LogP contribution in [0.1, 0.15) is 34.6 Å². The van der Waals surface area contributed by atoms with E-state index in [0.717, 1.165) is 0 Å². The van der Waals surface area contributed by atoms with Crippen LogP contribution in [0.4, 0.5) is 11.4 Å². The summed E-state index contributed by atoms with van der Waals surface area (Å²) in [6, 6.07) is 20.7. The number of rotatable bonds is 7. The summed E-state index contributed by atoms with van der Waals surface area (Å²) in [6.07, 6.45) is 0. The van der Waals surface area contributed by atoms with Gasteiger partial charge in [-0.15, -0.1) is 0 Å². The first-order chi connectivity index (χ1) is 14.8. The van der Waals surface area contributed by atoms with Crippen molar-refractivity contribution in [3.63, 3.8) is 0 Å². The summed E-state index contributed by atoms with van der Waals surface area (Å²) < 4.78 is 27.3. The molecule has 0 aliphatic carbocycles. The SMILES string of the molecule is CC(C)NC(=O)c1ccccc1NC(=O)c1ccc(NS(=O)(=O)c2ccccc2)cc1. The van der Waals surface area contributed by atoms with Gasteiger partial charge in [0.1, 0.15) is 0 Å². The number of nitrogens with one attached hydrogen (secondary N) is 3. The van der Waals surface area contributed by atoms with Crippen LogP contribution in [0.2, 0.25) is 0 Å². The van der Waals surface area contributed by atoms with Crippen molar-refractivity contribution in [2.75, 3.05) is 10.0 Å². The Morgan fingerprint density at radius 3 is 2.03 bits per heavy atom. The monoisotopic (exact) mass is 437 g/mol. The molecule has 8 heteroatoms. The Kier molecular flexibility index (Phi) is 6.71. The van der Waals surface area contributed by atoms with Crippen molar-refractivity contribution in [2.45, 2.75) is 24.8 Å². The van der Waals surface area contributed by atoms with E-state index in [1.807, 2.05) is 13.8 Å². The fourth-order valence-electron chi connectivity index (χ4n) is 2.83. The maximum absolute atomic E-state index is 12.6. The van der Waals surface area contributed by atoms with E-state index < -0.39 is 15.9 Å². The highest BCUT2D eigenvalue weighted by atomic mass is 32.2. The molecule has 3 N–H and O–H groups in total. The molecule has 3 rings (SSSR count). The lowest BCUT2D eigenvalue weighted by Gasteiger charge is -2.13. The second-order valence-electron chi connectivity index (χ2n) is 7.12. The maximum atomic E-state index is 12.6. The van der Waals surface area contributed by atoms with Gasteiger partial charge >= 0.3 is 0 Å². The molecule has 0 atom stereocenters. The van der Waals surface area contributed by atoms with Crippen LogP contribution >= 0.6 is 0 Å². The van der Waals surface area contributed by atoms with Crippen molar-refractivity contribution >= 4 is 33.2 Å². The highest BCUT2D eigenvalue weighted by molar-refractivity contribution is 7.92. The lowest BCUT2D eigenvalue weighted by atomic mass is 10.1. The van der Waals surface area contributed by atoms with Crippen LogP contribution in [0.15, 0.2) is 83.8 Å². The molecule has 0 bridgehead atoms. The van der Waals surface area contributed by atoms with Crippen LogP contribution in [0, 0.1) is 0 Å². The molecule has 0 spiro atoms. The van der Waals surface area contributed by atoms with Crippen LogP contribution in [-0.2, 0) is 10.0 Å². The number of para-hydroxylation sites is 1. The maximum Gasteiger partial charge on any atom is 0.261 e. The van der Waals surface area contributed by atoms with Gasteiger partial charge in [0.25, 0.3) is 21.8 Å². The van der Waals surface area contributed by atoms with Crippen molar-refractivity contribution in [3.8, 4) is 0 Å². The molecule has 0 aliphatic heterocycles. The normalized spacial score (nSPS) is 11.1. The number of hydrogen-bond acceptors (Lipinski definition) is 4. The highest BCUT2D eigenvalue weighted by Crippen LogP contribution is 2.19. The minimum Gasteiger partial charge on any atom is -0.350 e. The predicted molar refractivity (Wildman–Crippen MR) is 121 cm³/mol. The average molecular weight is 438 g/mol. The van der Waals surface area contributed by atoms with E-state index in [0.29, 0.717) is 22.5 Å². The zero-order valence-electron chi connectivity index (χ0n) is 17.1. The summed E-state index contributed by atoms with van der Waals surface area (Å²) in [4.78, 5) is 25.2. The number of hydrogen-bond donors (Lipinski definition) is 3. The summed E-state index contributed by atoms with van der Waals surface area (Å²) in [6.45, 7) is 3.71. The van der Waals surface area contributed by atoms with Crippen LogP contribution < -0.4 is 15.4 Å². The zero-order chi connectivity index (χ0) is 22.4. The molecule has 0 saturated heterocycles. The Morgan fingerprint density at radius 1 is 0.774 bits per heavy atom. The number of carbonyl (C=O) groups is 2. The van der Waals surface area contributed by atoms with Gasteiger partial charge < -0.3 is 10.6 Å². The zero-order valence-corrected chi connectivity index (χ0v) is 17.9. The first kappa shape index (κ1) is 22.0. The lowest BCUT2D eigenvalue weighted by Crippen LogP contribution is -2.31. The van der Waals surface area contributed by atoms with Gasteiger partial charge in [-0.3, -0.25) is 14.3 Å². The van der Waals surface area contributed by atoms with Crippen molar-refractivity contribution in [3.05, 3.63) is 90.0 Å². The smallest absolute Gasteiger partial charge is 0.261 e.